The fraction of sp³-hybridized carbons (Fsp3) is 0.909. The summed E-state index contributed by atoms with van der Waals surface area (Å²) in [7, 11) is 0. The Balaban J connectivity index is 2.07. The van der Waals surface area contributed by atoms with Crippen molar-refractivity contribution >= 4 is 5.97 Å². The van der Waals surface area contributed by atoms with Crippen LogP contribution in [-0.4, -0.2) is 25.7 Å². The number of hydrogen-bond acceptors (Lipinski definition) is 3. The van der Waals surface area contributed by atoms with Crippen LogP contribution < -0.4 is 5.32 Å². The van der Waals surface area contributed by atoms with Gasteiger partial charge in [0.05, 0.1) is 12.5 Å². The fourth-order valence-electron chi connectivity index (χ4n) is 1.51. The predicted molar refractivity (Wildman–Crippen MR) is 56.0 cm³/mol. The summed E-state index contributed by atoms with van der Waals surface area (Å²) in [5, 5.41) is 3.17. The number of carbonyl (C=O) groups is 1. The van der Waals surface area contributed by atoms with Gasteiger partial charge >= 0.3 is 5.97 Å². The molecule has 0 amide bonds. The summed E-state index contributed by atoms with van der Waals surface area (Å²) in [6.07, 6.45) is 3.31. The van der Waals surface area contributed by atoms with E-state index >= 15 is 0 Å². The number of ether oxygens (including phenoxy) is 1. The van der Waals surface area contributed by atoms with E-state index in [-0.39, 0.29) is 11.9 Å². The molecule has 1 saturated heterocycles. The van der Waals surface area contributed by atoms with E-state index in [4.69, 9.17) is 4.74 Å². The largest absolute Gasteiger partial charge is 0.465 e. The van der Waals surface area contributed by atoms with Gasteiger partial charge in [-0.25, -0.2) is 0 Å². The highest BCUT2D eigenvalue weighted by molar-refractivity contribution is 5.72. The number of carbonyl (C=O) groups excluding carboxylic acids is 1. The Kier molecular flexibility index (Phi) is 4.94. The Morgan fingerprint density at radius 3 is 2.71 bits per heavy atom. The Morgan fingerprint density at radius 1 is 1.50 bits per heavy atom. The summed E-state index contributed by atoms with van der Waals surface area (Å²) in [5.74, 6) is 0.541. The van der Waals surface area contributed by atoms with Crippen LogP contribution in [0, 0.1) is 11.8 Å². The molecule has 1 aliphatic heterocycles. The van der Waals surface area contributed by atoms with Crippen molar-refractivity contribution < 1.29 is 9.53 Å². The molecule has 14 heavy (non-hydrogen) atoms. The SMILES string of the molecule is CCCCCOC(=O)C(C)C1CNC1. The van der Waals surface area contributed by atoms with Crippen molar-refractivity contribution in [3.63, 3.8) is 0 Å². The Bertz CT molecular complexity index is 178. The van der Waals surface area contributed by atoms with Crippen molar-refractivity contribution in [2.75, 3.05) is 19.7 Å². The lowest BCUT2D eigenvalue weighted by Crippen LogP contribution is -2.47. The van der Waals surface area contributed by atoms with E-state index in [1.807, 2.05) is 6.92 Å². The van der Waals surface area contributed by atoms with Gasteiger partial charge in [-0.05, 0) is 25.4 Å². The second-order valence-corrected chi connectivity index (χ2v) is 4.08. The van der Waals surface area contributed by atoms with Crippen molar-refractivity contribution in [1.82, 2.24) is 5.32 Å². The molecule has 3 heteroatoms. The van der Waals surface area contributed by atoms with Crippen LogP contribution in [0.3, 0.4) is 0 Å². The summed E-state index contributed by atoms with van der Waals surface area (Å²) in [4.78, 5) is 11.5. The van der Waals surface area contributed by atoms with Crippen LogP contribution in [-0.2, 0) is 9.53 Å². The number of nitrogens with one attached hydrogen (secondary N) is 1. The molecule has 1 rings (SSSR count). The summed E-state index contributed by atoms with van der Waals surface area (Å²) in [6.45, 7) is 6.63. The third kappa shape index (κ3) is 3.29. The van der Waals surface area contributed by atoms with Crippen molar-refractivity contribution in [2.45, 2.75) is 33.1 Å². The molecule has 1 aliphatic rings. The van der Waals surface area contributed by atoms with Gasteiger partial charge in [0.1, 0.15) is 0 Å². The summed E-state index contributed by atoms with van der Waals surface area (Å²) in [5.41, 5.74) is 0. The van der Waals surface area contributed by atoms with Gasteiger partial charge < -0.3 is 10.1 Å². The average Bonchev–Trinajstić information content (AvgIpc) is 2.09. The van der Waals surface area contributed by atoms with Gasteiger partial charge in [0, 0.05) is 0 Å². The highest BCUT2D eigenvalue weighted by Crippen LogP contribution is 2.17. The monoisotopic (exact) mass is 199 g/mol. The molecule has 1 heterocycles. The van der Waals surface area contributed by atoms with Crippen LogP contribution in [0.15, 0.2) is 0 Å². The number of rotatable bonds is 6. The average molecular weight is 199 g/mol. The van der Waals surface area contributed by atoms with Gasteiger partial charge in [-0.1, -0.05) is 26.7 Å². The predicted octanol–water partition coefficient (Wildman–Crippen LogP) is 1.58. The van der Waals surface area contributed by atoms with Crippen LogP contribution in [0.25, 0.3) is 0 Å². The molecule has 0 saturated carbocycles. The maximum atomic E-state index is 11.5. The van der Waals surface area contributed by atoms with Crippen LogP contribution in [0.2, 0.25) is 0 Å². The van der Waals surface area contributed by atoms with Gasteiger partial charge in [-0.2, -0.15) is 0 Å². The highest BCUT2D eigenvalue weighted by atomic mass is 16.5. The molecule has 1 unspecified atom stereocenters. The maximum absolute atomic E-state index is 11.5. The molecule has 0 radical (unpaired) electrons. The highest BCUT2D eigenvalue weighted by Gasteiger charge is 2.29. The molecule has 0 aliphatic carbocycles. The number of hydrogen-bond donors (Lipinski definition) is 1. The molecule has 1 atom stereocenters. The fourth-order valence-corrected chi connectivity index (χ4v) is 1.51. The van der Waals surface area contributed by atoms with E-state index in [1.54, 1.807) is 0 Å². The molecule has 3 nitrogen and oxygen atoms in total. The second kappa shape index (κ2) is 6.02. The summed E-state index contributed by atoms with van der Waals surface area (Å²) >= 11 is 0. The van der Waals surface area contributed by atoms with Crippen molar-refractivity contribution in [1.29, 1.82) is 0 Å². The van der Waals surface area contributed by atoms with Crippen LogP contribution in [0.1, 0.15) is 33.1 Å². The maximum Gasteiger partial charge on any atom is 0.309 e. The van der Waals surface area contributed by atoms with Crippen molar-refractivity contribution in [3.8, 4) is 0 Å². The zero-order chi connectivity index (χ0) is 10.4. The number of esters is 1. The molecule has 1 N–H and O–H groups in total. The lowest BCUT2D eigenvalue weighted by molar-refractivity contribution is -0.150. The zero-order valence-electron chi connectivity index (χ0n) is 9.21. The molecule has 0 aromatic heterocycles. The second-order valence-electron chi connectivity index (χ2n) is 4.08. The van der Waals surface area contributed by atoms with E-state index in [2.05, 4.69) is 12.2 Å². The van der Waals surface area contributed by atoms with Crippen LogP contribution >= 0.6 is 0 Å². The van der Waals surface area contributed by atoms with Gasteiger partial charge in [0.25, 0.3) is 0 Å². The molecular weight excluding hydrogens is 178 g/mol. The van der Waals surface area contributed by atoms with E-state index < -0.39 is 0 Å². The van der Waals surface area contributed by atoms with E-state index in [1.165, 1.54) is 6.42 Å². The lowest BCUT2D eigenvalue weighted by atomic mass is 9.89. The molecule has 82 valence electrons. The van der Waals surface area contributed by atoms with E-state index in [0.29, 0.717) is 12.5 Å². The molecular formula is C11H21NO2. The first kappa shape index (κ1) is 11.5. The molecule has 1 fully saturated rings. The summed E-state index contributed by atoms with van der Waals surface area (Å²) in [6, 6.07) is 0. The zero-order valence-corrected chi connectivity index (χ0v) is 9.21. The van der Waals surface area contributed by atoms with E-state index in [0.717, 1.165) is 25.9 Å². The van der Waals surface area contributed by atoms with E-state index in [9.17, 15) is 4.79 Å². The Hall–Kier alpha value is -0.570. The number of unbranched alkanes of at least 4 members (excludes halogenated alkanes) is 2. The normalized spacial score (nSPS) is 18.7. The molecule has 0 aromatic rings. The van der Waals surface area contributed by atoms with Gasteiger partial charge in [-0.3, -0.25) is 4.79 Å². The van der Waals surface area contributed by atoms with Crippen LogP contribution in [0.4, 0.5) is 0 Å². The minimum atomic E-state index is -0.0207. The van der Waals surface area contributed by atoms with Crippen LogP contribution in [0.5, 0.6) is 0 Å². The van der Waals surface area contributed by atoms with Crippen molar-refractivity contribution in [2.24, 2.45) is 11.8 Å². The smallest absolute Gasteiger partial charge is 0.309 e. The molecule has 0 aromatic carbocycles. The van der Waals surface area contributed by atoms with Gasteiger partial charge in [-0.15, -0.1) is 0 Å². The molecule has 0 spiro atoms. The quantitative estimate of drug-likeness (QED) is 0.521. The first-order valence-electron chi connectivity index (χ1n) is 5.63. The minimum absolute atomic E-state index is 0.0207. The topological polar surface area (TPSA) is 38.3 Å². The third-order valence-corrected chi connectivity index (χ3v) is 2.88. The first-order valence-corrected chi connectivity index (χ1v) is 5.63. The Morgan fingerprint density at radius 2 is 2.21 bits per heavy atom. The van der Waals surface area contributed by atoms with Crippen molar-refractivity contribution in [3.05, 3.63) is 0 Å². The molecule has 0 bridgehead atoms. The van der Waals surface area contributed by atoms with Gasteiger partial charge in [0.15, 0.2) is 0 Å². The summed E-state index contributed by atoms with van der Waals surface area (Å²) < 4.78 is 5.20. The third-order valence-electron chi connectivity index (χ3n) is 2.88. The minimum Gasteiger partial charge on any atom is -0.465 e. The lowest BCUT2D eigenvalue weighted by Gasteiger charge is -2.31. The van der Waals surface area contributed by atoms with Gasteiger partial charge in [0.2, 0.25) is 0 Å². The standard InChI is InChI=1S/C11H21NO2/c1-3-4-5-6-14-11(13)9(2)10-7-12-8-10/h9-10,12H,3-8H2,1-2H3. The first-order chi connectivity index (χ1) is 6.75. The Labute approximate surface area is 86.2 Å².